The Kier molecular flexibility index (Phi) is 5.94. The van der Waals surface area contributed by atoms with Gasteiger partial charge in [0.1, 0.15) is 17.8 Å². The third-order valence-electron chi connectivity index (χ3n) is 4.63. The Balaban J connectivity index is 1.68. The lowest BCUT2D eigenvalue weighted by molar-refractivity contribution is 0.100. The van der Waals surface area contributed by atoms with Gasteiger partial charge in [-0.2, -0.15) is 0 Å². The van der Waals surface area contributed by atoms with Crippen molar-refractivity contribution in [3.05, 3.63) is 47.9 Å². The van der Waals surface area contributed by atoms with Crippen molar-refractivity contribution in [2.75, 3.05) is 10.6 Å². The van der Waals surface area contributed by atoms with Gasteiger partial charge in [0.25, 0.3) is 5.91 Å². The van der Waals surface area contributed by atoms with Crippen molar-refractivity contribution in [1.82, 2.24) is 9.97 Å². The SMILES string of the molecule is CC(=O)c1cccc(NC(=O)c2cc(NC3CCCCCC3)ncn2)c1. The Morgan fingerprint density at radius 1 is 1.04 bits per heavy atom. The molecule has 0 radical (unpaired) electrons. The molecule has 0 saturated heterocycles. The summed E-state index contributed by atoms with van der Waals surface area (Å²) in [7, 11) is 0. The molecule has 0 atom stereocenters. The minimum absolute atomic E-state index is 0.0435. The van der Waals surface area contributed by atoms with Crippen LogP contribution >= 0.6 is 0 Å². The third-order valence-corrected chi connectivity index (χ3v) is 4.63. The first-order valence-corrected chi connectivity index (χ1v) is 9.13. The first kappa shape index (κ1) is 18.0. The number of carbonyl (C=O) groups excluding carboxylic acids is 2. The number of rotatable bonds is 5. The predicted molar refractivity (Wildman–Crippen MR) is 102 cm³/mol. The summed E-state index contributed by atoms with van der Waals surface area (Å²) >= 11 is 0. The van der Waals surface area contributed by atoms with Gasteiger partial charge in [0.2, 0.25) is 0 Å². The summed E-state index contributed by atoms with van der Waals surface area (Å²) < 4.78 is 0. The molecule has 6 heteroatoms. The van der Waals surface area contributed by atoms with Crippen molar-refractivity contribution >= 4 is 23.2 Å². The molecule has 1 heterocycles. The van der Waals surface area contributed by atoms with Crippen molar-refractivity contribution in [3.8, 4) is 0 Å². The topological polar surface area (TPSA) is 84.0 Å². The maximum absolute atomic E-state index is 12.5. The largest absolute Gasteiger partial charge is 0.367 e. The van der Waals surface area contributed by atoms with Crippen LogP contribution in [0.15, 0.2) is 36.7 Å². The van der Waals surface area contributed by atoms with Crippen LogP contribution in [0.25, 0.3) is 0 Å². The van der Waals surface area contributed by atoms with Crippen LogP contribution in [0, 0.1) is 0 Å². The Labute approximate surface area is 153 Å². The zero-order valence-corrected chi connectivity index (χ0v) is 15.0. The molecule has 6 nitrogen and oxygen atoms in total. The second-order valence-electron chi connectivity index (χ2n) is 6.71. The van der Waals surface area contributed by atoms with E-state index in [1.54, 1.807) is 30.3 Å². The number of aromatic nitrogens is 2. The second-order valence-corrected chi connectivity index (χ2v) is 6.71. The van der Waals surface area contributed by atoms with Gasteiger partial charge >= 0.3 is 0 Å². The van der Waals surface area contributed by atoms with Crippen molar-refractivity contribution < 1.29 is 9.59 Å². The van der Waals surface area contributed by atoms with Crippen LogP contribution in [-0.4, -0.2) is 27.7 Å². The molecule has 1 aromatic heterocycles. The van der Waals surface area contributed by atoms with Gasteiger partial charge in [0.05, 0.1) is 0 Å². The lowest BCUT2D eigenvalue weighted by Gasteiger charge is -2.17. The fourth-order valence-electron chi connectivity index (χ4n) is 3.20. The van der Waals surface area contributed by atoms with Gasteiger partial charge in [0.15, 0.2) is 5.78 Å². The minimum atomic E-state index is -0.322. The second kappa shape index (κ2) is 8.56. The van der Waals surface area contributed by atoms with Gasteiger partial charge < -0.3 is 10.6 Å². The number of amides is 1. The highest BCUT2D eigenvalue weighted by Gasteiger charge is 2.14. The lowest BCUT2D eigenvalue weighted by Crippen LogP contribution is -2.20. The van der Waals surface area contributed by atoms with E-state index in [0.29, 0.717) is 28.8 Å². The van der Waals surface area contributed by atoms with E-state index in [4.69, 9.17) is 0 Å². The van der Waals surface area contributed by atoms with Gasteiger partial charge in [-0.05, 0) is 31.9 Å². The Morgan fingerprint density at radius 3 is 2.54 bits per heavy atom. The van der Waals surface area contributed by atoms with E-state index in [2.05, 4.69) is 20.6 Å². The van der Waals surface area contributed by atoms with Crippen LogP contribution in [0.1, 0.15) is 66.3 Å². The van der Waals surface area contributed by atoms with Crippen molar-refractivity contribution in [2.24, 2.45) is 0 Å². The Hall–Kier alpha value is -2.76. The zero-order chi connectivity index (χ0) is 18.4. The quantitative estimate of drug-likeness (QED) is 0.626. The molecular weight excluding hydrogens is 328 g/mol. The molecule has 2 N–H and O–H groups in total. The van der Waals surface area contributed by atoms with Crippen molar-refractivity contribution in [1.29, 1.82) is 0 Å². The molecule has 1 amide bonds. The summed E-state index contributed by atoms with van der Waals surface area (Å²) in [4.78, 5) is 32.3. The van der Waals surface area contributed by atoms with Crippen LogP contribution in [0.2, 0.25) is 0 Å². The fraction of sp³-hybridized carbons (Fsp3) is 0.400. The molecule has 1 aliphatic carbocycles. The standard InChI is InChI=1S/C20H24N4O2/c1-14(25)15-7-6-10-17(11-15)24-20(26)18-12-19(22-13-21-18)23-16-8-4-2-3-5-9-16/h6-7,10-13,16H,2-5,8-9H2,1H3,(H,24,26)(H,21,22,23). The van der Waals surface area contributed by atoms with E-state index in [0.717, 1.165) is 12.8 Å². The van der Waals surface area contributed by atoms with Gasteiger partial charge in [0, 0.05) is 23.4 Å². The summed E-state index contributed by atoms with van der Waals surface area (Å²) in [6.07, 6.45) is 8.68. The fourth-order valence-corrected chi connectivity index (χ4v) is 3.20. The number of ketones is 1. The average Bonchev–Trinajstić information content (AvgIpc) is 2.91. The average molecular weight is 352 g/mol. The first-order chi connectivity index (χ1) is 12.6. The van der Waals surface area contributed by atoms with E-state index >= 15 is 0 Å². The monoisotopic (exact) mass is 352 g/mol. The number of anilines is 2. The molecular formula is C20H24N4O2. The number of nitrogens with zero attached hydrogens (tertiary/aromatic N) is 2. The van der Waals surface area contributed by atoms with E-state index < -0.39 is 0 Å². The molecule has 0 bridgehead atoms. The molecule has 26 heavy (non-hydrogen) atoms. The lowest BCUT2D eigenvalue weighted by atomic mass is 10.1. The normalized spacial score (nSPS) is 15.1. The van der Waals surface area contributed by atoms with Gasteiger partial charge in [-0.25, -0.2) is 9.97 Å². The molecule has 0 aliphatic heterocycles. The smallest absolute Gasteiger partial charge is 0.274 e. The molecule has 136 valence electrons. The highest BCUT2D eigenvalue weighted by Crippen LogP contribution is 2.20. The summed E-state index contributed by atoms with van der Waals surface area (Å²) in [6, 6.07) is 8.94. The van der Waals surface area contributed by atoms with E-state index in [1.165, 1.54) is 38.9 Å². The summed E-state index contributed by atoms with van der Waals surface area (Å²) in [6.45, 7) is 1.50. The number of hydrogen-bond donors (Lipinski definition) is 2. The van der Waals surface area contributed by atoms with Crippen LogP contribution in [0.3, 0.4) is 0 Å². The molecule has 1 saturated carbocycles. The van der Waals surface area contributed by atoms with Crippen molar-refractivity contribution in [3.63, 3.8) is 0 Å². The van der Waals surface area contributed by atoms with Crippen LogP contribution in [0.5, 0.6) is 0 Å². The molecule has 1 aromatic carbocycles. The van der Waals surface area contributed by atoms with E-state index in [9.17, 15) is 9.59 Å². The number of nitrogens with one attached hydrogen (secondary N) is 2. The van der Waals surface area contributed by atoms with E-state index in [-0.39, 0.29) is 11.7 Å². The van der Waals surface area contributed by atoms with Crippen LogP contribution < -0.4 is 10.6 Å². The van der Waals surface area contributed by atoms with Gasteiger partial charge in [-0.15, -0.1) is 0 Å². The van der Waals surface area contributed by atoms with Gasteiger partial charge in [-0.1, -0.05) is 37.8 Å². The molecule has 1 fully saturated rings. The van der Waals surface area contributed by atoms with Gasteiger partial charge in [-0.3, -0.25) is 9.59 Å². The molecule has 2 aromatic rings. The number of hydrogen-bond acceptors (Lipinski definition) is 5. The maximum Gasteiger partial charge on any atom is 0.274 e. The van der Waals surface area contributed by atoms with Crippen LogP contribution in [-0.2, 0) is 0 Å². The first-order valence-electron chi connectivity index (χ1n) is 9.13. The number of carbonyl (C=O) groups is 2. The molecule has 3 rings (SSSR count). The summed E-state index contributed by atoms with van der Waals surface area (Å²) in [5.41, 5.74) is 1.42. The summed E-state index contributed by atoms with van der Waals surface area (Å²) in [5.74, 6) is 0.310. The molecule has 1 aliphatic rings. The minimum Gasteiger partial charge on any atom is -0.367 e. The predicted octanol–water partition coefficient (Wildman–Crippen LogP) is 4.07. The Morgan fingerprint density at radius 2 is 1.81 bits per heavy atom. The maximum atomic E-state index is 12.5. The summed E-state index contributed by atoms with van der Waals surface area (Å²) in [5, 5.41) is 6.21. The number of benzene rings is 1. The third kappa shape index (κ3) is 4.88. The molecule has 0 unspecified atom stereocenters. The number of Topliss-reactive ketones (excluding diaryl/α,β-unsaturated/α-hetero) is 1. The molecule has 0 spiro atoms. The van der Waals surface area contributed by atoms with E-state index in [1.807, 2.05) is 0 Å². The highest BCUT2D eigenvalue weighted by molar-refractivity contribution is 6.04. The van der Waals surface area contributed by atoms with Crippen LogP contribution in [0.4, 0.5) is 11.5 Å². The Bertz CT molecular complexity index is 783. The highest BCUT2D eigenvalue weighted by atomic mass is 16.2. The van der Waals surface area contributed by atoms with Crippen molar-refractivity contribution in [2.45, 2.75) is 51.5 Å². The zero-order valence-electron chi connectivity index (χ0n) is 15.0.